The van der Waals surface area contributed by atoms with Gasteiger partial charge in [0.05, 0.1) is 9.82 Å². The van der Waals surface area contributed by atoms with E-state index in [0.717, 1.165) is 5.69 Å². The fourth-order valence-corrected chi connectivity index (χ4v) is 3.25. The standard InChI is InChI=1S/C11H9N3O3S2/c1-6-5-18-11(13-6)19-9-3-2-7(10(12)15)4-8(9)14(16)17/h2-5H,1H3,(H2,12,15). The van der Waals surface area contributed by atoms with Gasteiger partial charge in [0.25, 0.3) is 5.69 Å². The number of benzene rings is 1. The number of nitro groups is 1. The molecule has 98 valence electrons. The minimum atomic E-state index is -0.690. The van der Waals surface area contributed by atoms with Crippen molar-refractivity contribution < 1.29 is 9.72 Å². The van der Waals surface area contributed by atoms with Crippen LogP contribution in [0.4, 0.5) is 5.69 Å². The minimum absolute atomic E-state index is 0.117. The molecule has 0 saturated heterocycles. The highest BCUT2D eigenvalue weighted by Crippen LogP contribution is 2.36. The van der Waals surface area contributed by atoms with Crippen molar-refractivity contribution in [1.82, 2.24) is 4.98 Å². The number of amides is 1. The summed E-state index contributed by atoms with van der Waals surface area (Å²) in [5, 5.41) is 12.9. The largest absolute Gasteiger partial charge is 0.366 e. The molecule has 1 heterocycles. The van der Waals surface area contributed by atoms with Crippen LogP contribution in [0.15, 0.2) is 32.8 Å². The van der Waals surface area contributed by atoms with Gasteiger partial charge in [-0.3, -0.25) is 14.9 Å². The lowest BCUT2D eigenvalue weighted by molar-refractivity contribution is -0.387. The predicted octanol–water partition coefficient (Wildman–Crippen LogP) is 2.61. The number of aromatic nitrogens is 1. The van der Waals surface area contributed by atoms with Gasteiger partial charge < -0.3 is 5.73 Å². The van der Waals surface area contributed by atoms with Crippen molar-refractivity contribution in [2.75, 3.05) is 0 Å². The molecule has 0 aliphatic carbocycles. The second kappa shape index (κ2) is 5.37. The summed E-state index contributed by atoms with van der Waals surface area (Å²) in [6, 6.07) is 4.17. The third-order valence-electron chi connectivity index (χ3n) is 2.24. The van der Waals surface area contributed by atoms with Crippen LogP contribution in [0.1, 0.15) is 16.1 Å². The Labute approximate surface area is 116 Å². The number of aryl methyl sites for hydroxylation is 1. The van der Waals surface area contributed by atoms with Crippen LogP contribution in [0, 0.1) is 17.0 Å². The summed E-state index contributed by atoms with van der Waals surface area (Å²) in [4.78, 5) is 26.2. The maximum Gasteiger partial charge on any atom is 0.284 e. The fourth-order valence-electron chi connectivity index (χ4n) is 1.37. The average Bonchev–Trinajstić information content (AvgIpc) is 2.74. The van der Waals surface area contributed by atoms with Crippen LogP contribution in [-0.4, -0.2) is 15.8 Å². The molecule has 8 heteroatoms. The summed E-state index contributed by atoms with van der Waals surface area (Å²) in [6.45, 7) is 1.85. The van der Waals surface area contributed by atoms with Gasteiger partial charge in [0.2, 0.25) is 5.91 Å². The summed E-state index contributed by atoms with van der Waals surface area (Å²) in [5.74, 6) is -0.690. The lowest BCUT2D eigenvalue weighted by Gasteiger charge is -2.02. The number of nitro benzene ring substituents is 1. The molecular formula is C11H9N3O3S2. The quantitative estimate of drug-likeness (QED) is 0.690. The van der Waals surface area contributed by atoms with Crippen LogP contribution in [-0.2, 0) is 0 Å². The molecule has 1 aromatic heterocycles. The van der Waals surface area contributed by atoms with E-state index in [1.54, 1.807) is 0 Å². The van der Waals surface area contributed by atoms with E-state index >= 15 is 0 Å². The van der Waals surface area contributed by atoms with E-state index in [1.807, 2.05) is 12.3 Å². The predicted molar refractivity (Wildman–Crippen MR) is 72.6 cm³/mol. The monoisotopic (exact) mass is 295 g/mol. The topological polar surface area (TPSA) is 99.1 Å². The first-order chi connectivity index (χ1) is 8.97. The first-order valence-corrected chi connectivity index (χ1v) is 6.85. The van der Waals surface area contributed by atoms with Gasteiger partial charge in [-0.05, 0) is 19.1 Å². The zero-order valence-corrected chi connectivity index (χ0v) is 11.5. The number of nitrogens with zero attached hydrogens (tertiary/aromatic N) is 2. The molecule has 0 radical (unpaired) electrons. The van der Waals surface area contributed by atoms with Gasteiger partial charge >= 0.3 is 0 Å². The van der Waals surface area contributed by atoms with E-state index in [2.05, 4.69) is 4.98 Å². The maximum absolute atomic E-state index is 11.0. The van der Waals surface area contributed by atoms with Gasteiger partial charge in [-0.2, -0.15) is 0 Å². The summed E-state index contributed by atoms with van der Waals surface area (Å²) in [5.41, 5.74) is 5.95. The third-order valence-corrected chi connectivity index (χ3v) is 4.36. The maximum atomic E-state index is 11.0. The Morgan fingerprint density at radius 3 is 2.79 bits per heavy atom. The van der Waals surface area contributed by atoms with Crippen molar-refractivity contribution in [2.24, 2.45) is 5.73 Å². The molecule has 6 nitrogen and oxygen atoms in total. The smallest absolute Gasteiger partial charge is 0.284 e. The van der Waals surface area contributed by atoms with Gasteiger partial charge in [0.15, 0.2) is 4.34 Å². The first kappa shape index (κ1) is 13.5. The summed E-state index contributed by atoms with van der Waals surface area (Å²) in [6.07, 6.45) is 0. The van der Waals surface area contributed by atoms with Crippen LogP contribution < -0.4 is 5.73 Å². The lowest BCUT2D eigenvalue weighted by atomic mass is 10.2. The Kier molecular flexibility index (Phi) is 3.82. The summed E-state index contributed by atoms with van der Waals surface area (Å²) in [7, 11) is 0. The molecule has 1 amide bonds. The van der Waals surface area contributed by atoms with E-state index in [-0.39, 0.29) is 11.3 Å². The molecule has 0 fully saturated rings. The number of primary amides is 1. The van der Waals surface area contributed by atoms with Crippen molar-refractivity contribution in [2.45, 2.75) is 16.2 Å². The Balaban J connectivity index is 2.39. The molecule has 0 atom stereocenters. The van der Waals surface area contributed by atoms with Crippen LogP contribution in [0.25, 0.3) is 0 Å². The van der Waals surface area contributed by atoms with Crippen molar-refractivity contribution in [1.29, 1.82) is 0 Å². The summed E-state index contributed by atoms with van der Waals surface area (Å²) >= 11 is 2.61. The molecule has 2 N–H and O–H groups in total. The zero-order chi connectivity index (χ0) is 14.0. The van der Waals surface area contributed by atoms with Gasteiger partial charge in [-0.15, -0.1) is 11.3 Å². The van der Waals surface area contributed by atoms with Crippen LogP contribution in [0.3, 0.4) is 0 Å². The highest BCUT2D eigenvalue weighted by molar-refractivity contribution is 8.01. The second-order valence-corrected chi connectivity index (χ2v) is 5.81. The molecule has 0 unspecified atom stereocenters. The number of carbonyl (C=O) groups excluding carboxylic acids is 1. The lowest BCUT2D eigenvalue weighted by Crippen LogP contribution is -2.11. The van der Waals surface area contributed by atoms with Crippen LogP contribution >= 0.6 is 23.1 Å². The van der Waals surface area contributed by atoms with E-state index in [1.165, 1.54) is 41.3 Å². The highest BCUT2D eigenvalue weighted by atomic mass is 32.2. The minimum Gasteiger partial charge on any atom is -0.366 e. The van der Waals surface area contributed by atoms with Gasteiger partial charge in [-0.1, -0.05) is 11.8 Å². The number of carbonyl (C=O) groups is 1. The van der Waals surface area contributed by atoms with Crippen LogP contribution in [0.2, 0.25) is 0 Å². The molecule has 0 bridgehead atoms. The Hall–Kier alpha value is -1.93. The van der Waals surface area contributed by atoms with E-state index in [4.69, 9.17) is 5.73 Å². The normalized spacial score (nSPS) is 10.4. The Morgan fingerprint density at radius 1 is 1.53 bits per heavy atom. The molecule has 2 rings (SSSR count). The van der Waals surface area contributed by atoms with Crippen molar-refractivity contribution in [3.63, 3.8) is 0 Å². The first-order valence-electron chi connectivity index (χ1n) is 5.15. The number of nitrogens with two attached hydrogens (primary N) is 1. The van der Waals surface area contributed by atoms with Crippen molar-refractivity contribution in [3.8, 4) is 0 Å². The highest BCUT2D eigenvalue weighted by Gasteiger charge is 2.18. The number of hydrogen-bond acceptors (Lipinski definition) is 6. The fraction of sp³-hybridized carbons (Fsp3) is 0.0909. The Bertz CT molecular complexity index is 654. The number of rotatable bonds is 4. The molecule has 1 aromatic carbocycles. The average molecular weight is 295 g/mol. The Morgan fingerprint density at radius 2 is 2.26 bits per heavy atom. The second-order valence-electron chi connectivity index (χ2n) is 3.66. The third kappa shape index (κ3) is 3.09. The van der Waals surface area contributed by atoms with Gasteiger partial charge in [-0.25, -0.2) is 4.98 Å². The van der Waals surface area contributed by atoms with Gasteiger partial charge in [0.1, 0.15) is 0 Å². The molecule has 0 saturated carbocycles. The van der Waals surface area contributed by atoms with Crippen LogP contribution in [0.5, 0.6) is 0 Å². The van der Waals surface area contributed by atoms with E-state index < -0.39 is 10.8 Å². The number of hydrogen-bond donors (Lipinski definition) is 1. The van der Waals surface area contributed by atoms with E-state index in [0.29, 0.717) is 9.24 Å². The molecular weight excluding hydrogens is 286 g/mol. The van der Waals surface area contributed by atoms with E-state index in [9.17, 15) is 14.9 Å². The zero-order valence-electron chi connectivity index (χ0n) is 9.82. The molecule has 19 heavy (non-hydrogen) atoms. The molecule has 0 aliphatic heterocycles. The number of thiazole rings is 1. The molecule has 0 spiro atoms. The molecule has 0 aliphatic rings. The van der Waals surface area contributed by atoms with Crippen molar-refractivity contribution in [3.05, 3.63) is 45.0 Å². The van der Waals surface area contributed by atoms with Gasteiger partial charge in [0, 0.05) is 22.7 Å². The van der Waals surface area contributed by atoms with Crippen molar-refractivity contribution >= 4 is 34.7 Å². The SMILES string of the molecule is Cc1csc(Sc2ccc(C(N)=O)cc2[N+](=O)[O-])n1. The summed E-state index contributed by atoms with van der Waals surface area (Å²) < 4.78 is 0.715. The molecule has 2 aromatic rings.